The molecule has 1 saturated heterocycles. The van der Waals surface area contributed by atoms with Gasteiger partial charge in [-0.3, -0.25) is 0 Å². The van der Waals surface area contributed by atoms with Crippen molar-refractivity contribution < 1.29 is 18.3 Å². The van der Waals surface area contributed by atoms with E-state index in [2.05, 4.69) is 4.72 Å². The molecule has 0 saturated carbocycles. The molecule has 1 unspecified atom stereocenters. The summed E-state index contributed by atoms with van der Waals surface area (Å²) < 4.78 is 30.4. The van der Waals surface area contributed by atoms with Crippen LogP contribution in [0.2, 0.25) is 0 Å². The Morgan fingerprint density at radius 1 is 1.50 bits per heavy atom. The minimum absolute atomic E-state index is 0.00243. The molecule has 1 rings (SSSR count). The van der Waals surface area contributed by atoms with Crippen LogP contribution in [0.3, 0.4) is 0 Å². The highest BCUT2D eigenvalue weighted by Crippen LogP contribution is 2.13. The molecule has 0 aliphatic carbocycles. The molecule has 14 heavy (non-hydrogen) atoms. The third kappa shape index (κ3) is 4.36. The Hall–Kier alpha value is -0.170. The predicted molar refractivity (Wildman–Crippen MR) is 52.5 cm³/mol. The third-order valence-electron chi connectivity index (χ3n) is 2.09. The molecular weight excluding hydrogens is 206 g/mol. The molecule has 6 heteroatoms. The van der Waals surface area contributed by atoms with Gasteiger partial charge >= 0.3 is 0 Å². The molecule has 5 nitrogen and oxygen atoms in total. The number of nitrogens with one attached hydrogen (secondary N) is 1. The standard InChI is InChI=1S/C8H17NO4S/c10-5-2-4-9-14(11,12)7-8-3-1-6-13-8/h8-10H,1-7H2. The van der Waals surface area contributed by atoms with Crippen LogP contribution in [0.15, 0.2) is 0 Å². The monoisotopic (exact) mass is 223 g/mol. The van der Waals surface area contributed by atoms with E-state index >= 15 is 0 Å². The van der Waals surface area contributed by atoms with E-state index in [-0.39, 0.29) is 18.5 Å². The van der Waals surface area contributed by atoms with E-state index in [0.29, 0.717) is 19.6 Å². The van der Waals surface area contributed by atoms with Crippen molar-refractivity contribution in [2.24, 2.45) is 0 Å². The van der Waals surface area contributed by atoms with Crippen LogP contribution in [0.25, 0.3) is 0 Å². The lowest BCUT2D eigenvalue weighted by Crippen LogP contribution is -2.32. The molecule has 1 aliphatic heterocycles. The molecule has 0 aromatic heterocycles. The second-order valence-corrected chi connectivity index (χ2v) is 5.24. The lowest BCUT2D eigenvalue weighted by atomic mass is 10.3. The highest BCUT2D eigenvalue weighted by Gasteiger charge is 2.22. The summed E-state index contributed by atoms with van der Waals surface area (Å²) in [6.45, 7) is 0.963. The zero-order chi connectivity index (χ0) is 10.4. The van der Waals surface area contributed by atoms with Gasteiger partial charge in [0.15, 0.2) is 0 Å². The van der Waals surface area contributed by atoms with Gasteiger partial charge < -0.3 is 9.84 Å². The van der Waals surface area contributed by atoms with Gasteiger partial charge in [-0.2, -0.15) is 0 Å². The summed E-state index contributed by atoms with van der Waals surface area (Å²) in [5, 5.41) is 8.49. The van der Waals surface area contributed by atoms with Gasteiger partial charge in [-0.05, 0) is 19.3 Å². The Labute approximate surface area is 84.5 Å². The van der Waals surface area contributed by atoms with E-state index in [1.807, 2.05) is 0 Å². The van der Waals surface area contributed by atoms with Crippen LogP contribution in [-0.4, -0.2) is 45.1 Å². The van der Waals surface area contributed by atoms with Crippen LogP contribution >= 0.6 is 0 Å². The Kier molecular flexibility index (Phi) is 4.80. The van der Waals surface area contributed by atoms with Gasteiger partial charge in [0.05, 0.1) is 11.9 Å². The zero-order valence-corrected chi connectivity index (χ0v) is 8.92. The maximum absolute atomic E-state index is 11.4. The second kappa shape index (κ2) is 5.65. The molecule has 0 aromatic rings. The molecule has 84 valence electrons. The number of ether oxygens (including phenoxy) is 1. The molecular formula is C8H17NO4S. The predicted octanol–water partition coefficient (Wildman–Crippen LogP) is -0.533. The highest BCUT2D eigenvalue weighted by atomic mass is 32.2. The maximum Gasteiger partial charge on any atom is 0.214 e. The SMILES string of the molecule is O=S(=O)(CC1CCCO1)NCCCO. The first-order valence-corrected chi connectivity index (χ1v) is 6.49. The fourth-order valence-corrected chi connectivity index (χ4v) is 2.71. The smallest absolute Gasteiger partial charge is 0.214 e. The summed E-state index contributed by atoms with van der Waals surface area (Å²) in [5.74, 6) is 0.0401. The minimum Gasteiger partial charge on any atom is -0.396 e. The van der Waals surface area contributed by atoms with Crippen LogP contribution in [0.4, 0.5) is 0 Å². The number of rotatable bonds is 6. The van der Waals surface area contributed by atoms with Crippen molar-refractivity contribution in [3.8, 4) is 0 Å². The molecule has 0 spiro atoms. The number of aliphatic hydroxyl groups is 1. The van der Waals surface area contributed by atoms with Gasteiger partial charge in [-0.1, -0.05) is 0 Å². The van der Waals surface area contributed by atoms with Crippen molar-refractivity contribution >= 4 is 10.0 Å². The lowest BCUT2D eigenvalue weighted by Gasteiger charge is -2.10. The van der Waals surface area contributed by atoms with Gasteiger partial charge in [0.1, 0.15) is 0 Å². The van der Waals surface area contributed by atoms with Crippen LogP contribution < -0.4 is 4.72 Å². The Morgan fingerprint density at radius 2 is 2.29 bits per heavy atom. The lowest BCUT2D eigenvalue weighted by molar-refractivity contribution is 0.127. The van der Waals surface area contributed by atoms with E-state index in [1.165, 1.54) is 0 Å². The van der Waals surface area contributed by atoms with E-state index in [9.17, 15) is 8.42 Å². The number of hydrogen-bond acceptors (Lipinski definition) is 4. The van der Waals surface area contributed by atoms with Crippen molar-refractivity contribution in [2.75, 3.05) is 25.5 Å². The second-order valence-electron chi connectivity index (χ2n) is 3.39. The first-order chi connectivity index (χ1) is 6.64. The molecule has 0 aromatic carbocycles. The van der Waals surface area contributed by atoms with E-state index in [4.69, 9.17) is 9.84 Å². The molecule has 1 aliphatic rings. The molecule has 0 radical (unpaired) electrons. The quantitative estimate of drug-likeness (QED) is 0.593. The molecule has 1 fully saturated rings. The summed E-state index contributed by atoms with van der Waals surface area (Å²) in [4.78, 5) is 0. The Balaban J connectivity index is 2.26. The zero-order valence-electron chi connectivity index (χ0n) is 8.11. The number of sulfonamides is 1. The van der Waals surface area contributed by atoms with Crippen LogP contribution in [-0.2, 0) is 14.8 Å². The highest BCUT2D eigenvalue weighted by molar-refractivity contribution is 7.89. The van der Waals surface area contributed by atoms with Crippen molar-refractivity contribution in [2.45, 2.75) is 25.4 Å². The largest absolute Gasteiger partial charge is 0.396 e. The van der Waals surface area contributed by atoms with Crippen molar-refractivity contribution in [3.63, 3.8) is 0 Å². The van der Waals surface area contributed by atoms with Gasteiger partial charge in [0, 0.05) is 19.8 Å². The fraction of sp³-hybridized carbons (Fsp3) is 1.00. The van der Waals surface area contributed by atoms with Crippen LogP contribution in [0.1, 0.15) is 19.3 Å². The normalized spacial score (nSPS) is 22.8. The maximum atomic E-state index is 11.4. The first kappa shape index (κ1) is 11.9. The number of hydrogen-bond donors (Lipinski definition) is 2. The van der Waals surface area contributed by atoms with Gasteiger partial charge in [-0.25, -0.2) is 13.1 Å². The summed E-state index contributed by atoms with van der Waals surface area (Å²) in [5.41, 5.74) is 0. The van der Waals surface area contributed by atoms with Crippen LogP contribution in [0.5, 0.6) is 0 Å². The van der Waals surface area contributed by atoms with Gasteiger partial charge in [0.2, 0.25) is 10.0 Å². The molecule has 2 N–H and O–H groups in total. The summed E-state index contributed by atoms with van der Waals surface area (Å²) in [6.07, 6.45) is 2.06. The van der Waals surface area contributed by atoms with E-state index in [0.717, 1.165) is 12.8 Å². The molecule has 1 heterocycles. The third-order valence-corrected chi connectivity index (χ3v) is 3.54. The van der Waals surface area contributed by atoms with E-state index in [1.54, 1.807) is 0 Å². The average Bonchev–Trinajstić information content (AvgIpc) is 2.56. The Morgan fingerprint density at radius 3 is 2.86 bits per heavy atom. The van der Waals surface area contributed by atoms with Gasteiger partial charge in [-0.15, -0.1) is 0 Å². The fourth-order valence-electron chi connectivity index (χ4n) is 1.39. The van der Waals surface area contributed by atoms with Crippen molar-refractivity contribution in [1.82, 2.24) is 4.72 Å². The summed E-state index contributed by atoms with van der Waals surface area (Å²) in [7, 11) is -3.22. The summed E-state index contributed by atoms with van der Waals surface area (Å²) in [6, 6.07) is 0. The van der Waals surface area contributed by atoms with Gasteiger partial charge in [0.25, 0.3) is 0 Å². The number of aliphatic hydroxyl groups excluding tert-OH is 1. The van der Waals surface area contributed by atoms with Crippen molar-refractivity contribution in [1.29, 1.82) is 0 Å². The molecule has 0 bridgehead atoms. The van der Waals surface area contributed by atoms with Crippen LogP contribution in [0, 0.1) is 0 Å². The Bertz CT molecular complexity index is 246. The van der Waals surface area contributed by atoms with E-state index < -0.39 is 10.0 Å². The molecule has 0 amide bonds. The molecule has 1 atom stereocenters. The minimum atomic E-state index is -3.22. The topological polar surface area (TPSA) is 75.6 Å². The summed E-state index contributed by atoms with van der Waals surface area (Å²) >= 11 is 0. The van der Waals surface area contributed by atoms with Crippen molar-refractivity contribution in [3.05, 3.63) is 0 Å². The average molecular weight is 223 g/mol. The first-order valence-electron chi connectivity index (χ1n) is 4.84.